The number of nitrogens with one attached hydrogen (secondary N) is 1. The van der Waals surface area contributed by atoms with Gasteiger partial charge < -0.3 is 15.5 Å². The standard InChI is InChI=1S/C24H26Cl2N2O2/c1-2-22(27)24(18-5-3-4-6-19(18)25)10-7-16(8-11-24)30-21-13-15-9-12-28-23(29)17(15)14-20(21)26/h3-6,9,12-14,16,22H,2,7-8,10-11,27H2,1H3,(H,28,29)/t16-,22-,24-/m0/s1. The Morgan fingerprint density at radius 2 is 1.90 bits per heavy atom. The molecule has 1 atom stereocenters. The Kier molecular flexibility index (Phi) is 6.10. The highest BCUT2D eigenvalue weighted by molar-refractivity contribution is 6.33. The Morgan fingerprint density at radius 3 is 2.60 bits per heavy atom. The molecule has 0 aliphatic heterocycles. The van der Waals surface area contributed by atoms with E-state index in [2.05, 4.69) is 18.0 Å². The maximum atomic E-state index is 12.0. The molecule has 4 nitrogen and oxygen atoms in total. The Morgan fingerprint density at radius 1 is 1.17 bits per heavy atom. The summed E-state index contributed by atoms with van der Waals surface area (Å²) in [6, 6.07) is 13.5. The Balaban J connectivity index is 1.56. The molecule has 1 aromatic heterocycles. The van der Waals surface area contributed by atoms with E-state index in [1.54, 1.807) is 12.3 Å². The fourth-order valence-corrected chi connectivity index (χ4v) is 5.31. The fraction of sp³-hybridized carbons (Fsp3) is 0.375. The number of ether oxygens (including phenoxy) is 1. The zero-order valence-electron chi connectivity index (χ0n) is 17.0. The number of nitrogens with two attached hydrogens (primary N) is 1. The third kappa shape index (κ3) is 3.84. The first-order valence-corrected chi connectivity index (χ1v) is 11.2. The summed E-state index contributed by atoms with van der Waals surface area (Å²) in [5.74, 6) is 0.616. The van der Waals surface area contributed by atoms with Crippen molar-refractivity contribution in [1.82, 2.24) is 4.98 Å². The highest BCUT2D eigenvalue weighted by Crippen LogP contribution is 2.46. The molecule has 30 heavy (non-hydrogen) atoms. The number of hydrogen-bond donors (Lipinski definition) is 2. The van der Waals surface area contributed by atoms with E-state index in [-0.39, 0.29) is 23.1 Å². The van der Waals surface area contributed by atoms with Crippen LogP contribution in [0, 0.1) is 0 Å². The molecule has 3 aromatic rings. The second-order valence-corrected chi connectivity index (χ2v) is 8.96. The Hall–Kier alpha value is -2.01. The van der Waals surface area contributed by atoms with Crippen molar-refractivity contribution >= 4 is 34.0 Å². The topological polar surface area (TPSA) is 68.1 Å². The molecule has 0 saturated heterocycles. The van der Waals surface area contributed by atoms with Gasteiger partial charge in [0.1, 0.15) is 5.75 Å². The average molecular weight is 445 g/mol. The molecule has 3 N–H and O–H groups in total. The van der Waals surface area contributed by atoms with Crippen molar-refractivity contribution in [2.45, 2.75) is 56.6 Å². The Labute approximate surface area is 186 Å². The minimum absolute atomic E-state index is 0.0364. The lowest BCUT2D eigenvalue weighted by molar-refractivity contribution is 0.104. The zero-order chi connectivity index (χ0) is 21.3. The van der Waals surface area contributed by atoms with Crippen LogP contribution in [-0.4, -0.2) is 17.1 Å². The summed E-state index contributed by atoms with van der Waals surface area (Å²) in [6.45, 7) is 2.13. The van der Waals surface area contributed by atoms with E-state index in [1.807, 2.05) is 30.3 Å². The largest absolute Gasteiger partial charge is 0.489 e. The number of pyridine rings is 1. The number of halogens is 2. The lowest BCUT2D eigenvalue weighted by atomic mass is 9.64. The average Bonchev–Trinajstić information content (AvgIpc) is 2.75. The summed E-state index contributed by atoms with van der Waals surface area (Å²) in [7, 11) is 0. The van der Waals surface area contributed by atoms with Gasteiger partial charge in [-0.2, -0.15) is 0 Å². The molecule has 1 aliphatic rings. The first kappa shape index (κ1) is 21.2. The van der Waals surface area contributed by atoms with Crippen molar-refractivity contribution in [3.8, 4) is 5.75 Å². The summed E-state index contributed by atoms with van der Waals surface area (Å²) in [4.78, 5) is 14.7. The summed E-state index contributed by atoms with van der Waals surface area (Å²) in [5.41, 5.74) is 7.47. The van der Waals surface area contributed by atoms with Crippen LogP contribution in [0.3, 0.4) is 0 Å². The van der Waals surface area contributed by atoms with Gasteiger partial charge in [0.2, 0.25) is 0 Å². The van der Waals surface area contributed by atoms with Gasteiger partial charge >= 0.3 is 0 Å². The van der Waals surface area contributed by atoms with Crippen LogP contribution in [-0.2, 0) is 5.41 Å². The van der Waals surface area contributed by atoms with Crippen LogP contribution in [0.15, 0.2) is 53.5 Å². The lowest BCUT2D eigenvalue weighted by Gasteiger charge is -2.45. The normalized spacial score (nSPS) is 22.7. The number of benzene rings is 2. The second-order valence-electron chi connectivity index (χ2n) is 8.14. The highest BCUT2D eigenvalue weighted by Gasteiger charge is 2.42. The van der Waals surface area contributed by atoms with Gasteiger partial charge in [-0.05, 0) is 67.3 Å². The van der Waals surface area contributed by atoms with Gasteiger partial charge in [-0.15, -0.1) is 0 Å². The van der Waals surface area contributed by atoms with Gasteiger partial charge in [0.25, 0.3) is 5.56 Å². The van der Waals surface area contributed by atoms with Crippen molar-refractivity contribution in [3.05, 3.63) is 74.6 Å². The smallest absolute Gasteiger partial charge is 0.255 e. The molecule has 1 aliphatic carbocycles. The van der Waals surface area contributed by atoms with Crippen LogP contribution >= 0.6 is 23.2 Å². The van der Waals surface area contributed by atoms with E-state index >= 15 is 0 Å². The molecule has 0 spiro atoms. The molecule has 0 amide bonds. The van der Waals surface area contributed by atoms with Crippen LogP contribution in [0.1, 0.15) is 44.6 Å². The molecule has 1 heterocycles. The molecule has 1 saturated carbocycles. The molecular weight excluding hydrogens is 419 g/mol. The summed E-state index contributed by atoms with van der Waals surface area (Å²) >= 11 is 13.0. The van der Waals surface area contributed by atoms with E-state index in [1.165, 1.54) is 0 Å². The molecule has 4 rings (SSSR count). The minimum atomic E-state index is -0.156. The van der Waals surface area contributed by atoms with Gasteiger partial charge in [0.05, 0.1) is 11.1 Å². The van der Waals surface area contributed by atoms with E-state index in [0.717, 1.165) is 48.1 Å². The molecule has 2 aromatic carbocycles. The van der Waals surface area contributed by atoms with Gasteiger partial charge in [-0.25, -0.2) is 0 Å². The van der Waals surface area contributed by atoms with Gasteiger partial charge in [0, 0.05) is 28.1 Å². The van der Waals surface area contributed by atoms with Crippen LogP contribution in [0.2, 0.25) is 10.0 Å². The van der Waals surface area contributed by atoms with Gasteiger partial charge in [-0.1, -0.05) is 48.3 Å². The molecule has 158 valence electrons. The van der Waals surface area contributed by atoms with Gasteiger partial charge in [0.15, 0.2) is 0 Å². The van der Waals surface area contributed by atoms with Crippen molar-refractivity contribution < 1.29 is 4.74 Å². The van der Waals surface area contributed by atoms with Crippen molar-refractivity contribution in [2.24, 2.45) is 5.73 Å². The first-order chi connectivity index (χ1) is 14.4. The predicted octanol–water partition coefficient (Wildman–Crippen LogP) is 5.83. The third-order valence-electron chi connectivity index (χ3n) is 6.50. The second kappa shape index (κ2) is 8.62. The van der Waals surface area contributed by atoms with Crippen molar-refractivity contribution in [2.75, 3.05) is 0 Å². The monoisotopic (exact) mass is 444 g/mol. The minimum Gasteiger partial charge on any atom is -0.489 e. The van der Waals surface area contributed by atoms with Crippen molar-refractivity contribution in [1.29, 1.82) is 0 Å². The van der Waals surface area contributed by atoms with E-state index in [0.29, 0.717) is 16.2 Å². The highest BCUT2D eigenvalue weighted by atomic mass is 35.5. The quantitative estimate of drug-likeness (QED) is 0.519. The summed E-state index contributed by atoms with van der Waals surface area (Å²) < 4.78 is 6.29. The number of fused-ring (bicyclic) bond motifs is 1. The number of aromatic nitrogens is 1. The van der Waals surface area contributed by atoms with E-state index in [9.17, 15) is 4.79 Å². The molecule has 0 unspecified atom stereocenters. The molecular formula is C24H26Cl2N2O2. The summed E-state index contributed by atoms with van der Waals surface area (Å²) in [5, 5.41) is 2.61. The number of rotatable bonds is 5. The van der Waals surface area contributed by atoms with E-state index < -0.39 is 0 Å². The van der Waals surface area contributed by atoms with Crippen molar-refractivity contribution in [3.63, 3.8) is 0 Å². The van der Waals surface area contributed by atoms with Gasteiger partial charge in [-0.3, -0.25) is 4.79 Å². The molecule has 6 heteroatoms. The van der Waals surface area contributed by atoms with Crippen LogP contribution in [0.5, 0.6) is 5.75 Å². The molecule has 0 radical (unpaired) electrons. The number of aromatic amines is 1. The Bertz CT molecular complexity index is 1100. The molecule has 0 bridgehead atoms. The SMILES string of the molecule is CC[C@H](N)[C@]1(c2ccccc2Cl)CC[C@@H](Oc2cc3cc[nH]c(=O)c3cc2Cl)CC1. The maximum Gasteiger partial charge on any atom is 0.255 e. The number of hydrogen-bond acceptors (Lipinski definition) is 3. The predicted molar refractivity (Wildman–Crippen MR) is 124 cm³/mol. The summed E-state index contributed by atoms with van der Waals surface area (Å²) in [6.07, 6.45) is 6.10. The fourth-order valence-electron chi connectivity index (χ4n) is 4.78. The zero-order valence-corrected chi connectivity index (χ0v) is 18.5. The lowest BCUT2D eigenvalue weighted by Crippen LogP contribution is -2.49. The number of H-pyrrole nitrogens is 1. The third-order valence-corrected chi connectivity index (χ3v) is 7.13. The van der Waals surface area contributed by atoms with Crippen LogP contribution in [0.4, 0.5) is 0 Å². The molecule has 1 fully saturated rings. The first-order valence-electron chi connectivity index (χ1n) is 10.4. The van der Waals surface area contributed by atoms with Crippen LogP contribution < -0.4 is 16.0 Å². The maximum absolute atomic E-state index is 12.0. The van der Waals surface area contributed by atoms with Crippen LogP contribution in [0.25, 0.3) is 10.8 Å². The van der Waals surface area contributed by atoms with E-state index in [4.69, 9.17) is 33.7 Å².